The van der Waals surface area contributed by atoms with Crippen LogP contribution < -0.4 is 0 Å². The normalized spacial score (nSPS) is 10.1. The topological polar surface area (TPSA) is 47.3 Å². The fourth-order valence-electron chi connectivity index (χ4n) is 1.55. The molecule has 4 heteroatoms. The second-order valence-corrected chi connectivity index (χ2v) is 3.97. The molecule has 0 aromatic rings. The molecule has 0 saturated heterocycles. The molecular formula is C16H21N3O. The molecule has 0 atom stereocenters. The van der Waals surface area contributed by atoms with Gasteiger partial charge in [-0.3, -0.25) is 4.79 Å². The maximum absolute atomic E-state index is 12.3. The summed E-state index contributed by atoms with van der Waals surface area (Å²) in [5.41, 5.74) is 0.0670. The summed E-state index contributed by atoms with van der Waals surface area (Å²) in [6, 6.07) is 1.94. The lowest BCUT2D eigenvalue weighted by Gasteiger charge is -2.21. The Morgan fingerprint density at radius 1 is 0.950 bits per heavy atom. The lowest BCUT2D eigenvalue weighted by Crippen LogP contribution is -2.33. The zero-order chi connectivity index (χ0) is 15.4. The maximum atomic E-state index is 12.3. The quantitative estimate of drug-likeness (QED) is 0.348. The number of carbonyl (C=O) groups excluding carboxylic acids is 1. The molecular weight excluding hydrogens is 250 g/mol. The molecule has 0 N–H and O–H groups in total. The average molecular weight is 271 g/mol. The van der Waals surface area contributed by atoms with Crippen LogP contribution in [0.25, 0.3) is 0 Å². The second-order valence-electron chi connectivity index (χ2n) is 3.97. The van der Waals surface area contributed by atoms with E-state index in [1.54, 1.807) is 29.2 Å². The van der Waals surface area contributed by atoms with Gasteiger partial charge in [0.25, 0.3) is 5.91 Å². The van der Waals surface area contributed by atoms with Crippen molar-refractivity contribution in [2.24, 2.45) is 0 Å². The van der Waals surface area contributed by atoms with Crippen LogP contribution in [-0.4, -0.2) is 41.9 Å². The number of hydrogen-bond acceptors (Lipinski definition) is 3. The molecule has 0 rings (SSSR count). The minimum atomic E-state index is -0.342. The molecule has 0 aromatic carbocycles. The number of amides is 1. The first-order valence-corrected chi connectivity index (χ1v) is 6.23. The molecule has 0 fully saturated rings. The van der Waals surface area contributed by atoms with Gasteiger partial charge in [-0.2, -0.15) is 5.26 Å². The standard InChI is InChI=1S/C16H21N3O/c1-5-9-18(10-6-2)14-15(13-17)16(20)19(11-7-3)12-8-4/h5-8,14H,1-4,9-12H2/b15-14-. The van der Waals surface area contributed by atoms with Crippen LogP contribution in [-0.2, 0) is 4.79 Å². The van der Waals surface area contributed by atoms with Crippen LogP contribution >= 0.6 is 0 Å². The Morgan fingerprint density at radius 2 is 1.40 bits per heavy atom. The van der Waals surface area contributed by atoms with Gasteiger partial charge < -0.3 is 9.80 Å². The molecule has 0 aliphatic heterocycles. The number of nitriles is 1. The predicted octanol–water partition coefficient (Wildman–Crippen LogP) is 2.27. The maximum Gasteiger partial charge on any atom is 0.266 e. The summed E-state index contributed by atoms with van der Waals surface area (Å²) in [4.78, 5) is 15.5. The van der Waals surface area contributed by atoms with Gasteiger partial charge in [-0.25, -0.2) is 0 Å². The third-order valence-electron chi connectivity index (χ3n) is 2.38. The van der Waals surface area contributed by atoms with Crippen molar-refractivity contribution >= 4 is 5.91 Å². The molecule has 1 amide bonds. The number of rotatable bonds is 10. The van der Waals surface area contributed by atoms with Gasteiger partial charge in [0.1, 0.15) is 11.6 Å². The number of hydrogen-bond donors (Lipinski definition) is 0. The van der Waals surface area contributed by atoms with Gasteiger partial charge in [0, 0.05) is 32.4 Å². The van der Waals surface area contributed by atoms with Crippen LogP contribution in [0.5, 0.6) is 0 Å². The third-order valence-corrected chi connectivity index (χ3v) is 2.38. The molecule has 0 aromatic heterocycles. The molecule has 0 radical (unpaired) electrons. The summed E-state index contributed by atoms with van der Waals surface area (Å²) in [5.74, 6) is -0.342. The van der Waals surface area contributed by atoms with Crippen molar-refractivity contribution in [3.8, 4) is 6.07 Å². The molecule has 0 unspecified atom stereocenters. The fraction of sp³-hybridized carbons (Fsp3) is 0.250. The summed E-state index contributed by atoms with van der Waals surface area (Å²) < 4.78 is 0. The molecule has 0 aliphatic rings. The largest absolute Gasteiger partial charge is 0.369 e. The first-order valence-electron chi connectivity index (χ1n) is 6.23. The molecule has 0 bridgehead atoms. The van der Waals surface area contributed by atoms with E-state index in [0.29, 0.717) is 26.2 Å². The van der Waals surface area contributed by atoms with Gasteiger partial charge in [-0.15, -0.1) is 26.3 Å². The van der Waals surface area contributed by atoms with Crippen LogP contribution in [0.15, 0.2) is 62.4 Å². The Balaban J connectivity index is 5.19. The minimum Gasteiger partial charge on any atom is -0.369 e. The van der Waals surface area contributed by atoms with Crippen molar-refractivity contribution in [1.29, 1.82) is 5.26 Å². The molecule has 0 heterocycles. The summed E-state index contributed by atoms with van der Waals surface area (Å²) in [7, 11) is 0. The molecule has 20 heavy (non-hydrogen) atoms. The Kier molecular flexibility index (Phi) is 9.07. The molecule has 106 valence electrons. The summed E-state index contributed by atoms with van der Waals surface area (Å²) in [5, 5.41) is 9.17. The van der Waals surface area contributed by atoms with Crippen LogP contribution in [0.2, 0.25) is 0 Å². The Bertz CT molecular complexity index is 423. The van der Waals surface area contributed by atoms with E-state index in [1.165, 1.54) is 11.1 Å². The Labute approximate surface area is 121 Å². The molecule has 0 saturated carbocycles. The summed E-state index contributed by atoms with van der Waals surface area (Å²) in [6.45, 7) is 16.3. The SMILES string of the molecule is C=CCN(/C=C(/C#N)C(=O)N(CC=C)CC=C)CC=C. The van der Waals surface area contributed by atoms with Crippen molar-refractivity contribution < 1.29 is 4.79 Å². The van der Waals surface area contributed by atoms with Crippen LogP contribution in [0.3, 0.4) is 0 Å². The van der Waals surface area contributed by atoms with Crippen molar-refractivity contribution in [3.63, 3.8) is 0 Å². The lowest BCUT2D eigenvalue weighted by atomic mass is 10.2. The van der Waals surface area contributed by atoms with E-state index in [9.17, 15) is 10.1 Å². The monoisotopic (exact) mass is 271 g/mol. The van der Waals surface area contributed by atoms with Crippen molar-refractivity contribution in [2.75, 3.05) is 26.2 Å². The van der Waals surface area contributed by atoms with E-state index in [1.807, 2.05) is 6.07 Å². The van der Waals surface area contributed by atoms with Gasteiger partial charge in [0.05, 0.1) is 0 Å². The van der Waals surface area contributed by atoms with Gasteiger partial charge in [0.2, 0.25) is 0 Å². The van der Waals surface area contributed by atoms with E-state index in [4.69, 9.17) is 0 Å². The average Bonchev–Trinajstić information content (AvgIpc) is 2.44. The molecule has 0 aliphatic carbocycles. The summed E-state index contributed by atoms with van der Waals surface area (Å²) in [6.07, 6.45) is 8.16. The highest BCUT2D eigenvalue weighted by Crippen LogP contribution is 2.05. The van der Waals surface area contributed by atoms with E-state index in [2.05, 4.69) is 26.3 Å². The predicted molar refractivity (Wildman–Crippen MR) is 82.6 cm³/mol. The second kappa shape index (κ2) is 10.4. The van der Waals surface area contributed by atoms with Gasteiger partial charge in [0.15, 0.2) is 0 Å². The fourth-order valence-corrected chi connectivity index (χ4v) is 1.55. The van der Waals surface area contributed by atoms with Crippen molar-refractivity contribution in [3.05, 3.63) is 62.4 Å². The first-order chi connectivity index (χ1) is 9.64. The highest BCUT2D eigenvalue weighted by atomic mass is 16.2. The van der Waals surface area contributed by atoms with Crippen molar-refractivity contribution in [2.45, 2.75) is 0 Å². The van der Waals surface area contributed by atoms with E-state index in [-0.39, 0.29) is 11.5 Å². The lowest BCUT2D eigenvalue weighted by molar-refractivity contribution is -0.125. The zero-order valence-corrected chi connectivity index (χ0v) is 11.8. The van der Waals surface area contributed by atoms with Gasteiger partial charge in [-0.05, 0) is 0 Å². The third kappa shape index (κ3) is 5.87. The Morgan fingerprint density at radius 3 is 1.75 bits per heavy atom. The van der Waals surface area contributed by atoms with Gasteiger partial charge >= 0.3 is 0 Å². The molecule has 4 nitrogen and oxygen atoms in total. The van der Waals surface area contributed by atoms with E-state index >= 15 is 0 Å². The number of nitrogens with zero attached hydrogens (tertiary/aromatic N) is 3. The first kappa shape index (κ1) is 17.5. The van der Waals surface area contributed by atoms with Gasteiger partial charge in [-0.1, -0.05) is 24.3 Å². The number of carbonyl (C=O) groups is 1. The van der Waals surface area contributed by atoms with Crippen LogP contribution in [0, 0.1) is 11.3 Å². The smallest absolute Gasteiger partial charge is 0.266 e. The summed E-state index contributed by atoms with van der Waals surface area (Å²) >= 11 is 0. The van der Waals surface area contributed by atoms with E-state index < -0.39 is 0 Å². The molecule has 0 spiro atoms. The van der Waals surface area contributed by atoms with Crippen LogP contribution in [0.1, 0.15) is 0 Å². The van der Waals surface area contributed by atoms with Crippen LogP contribution in [0.4, 0.5) is 0 Å². The Hall–Kier alpha value is -2.54. The minimum absolute atomic E-state index is 0.0670. The van der Waals surface area contributed by atoms with E-state index in [0.717, 1.165) is 0 Å². The highest BCUT2D eigenvalue weighted by molar-refractivity contribution is 5.97. The van der Waals surface area contributed by atoms with Crippen molar-refractivity contribution in [1.82, 2.24) is 9.80 Å². The zero-order valence-electron chi connectivity index (χ0n) is 11.8. The highest BCUT2D eigenvalue weighted by Gasteiger charge is 2.16.